The molecule has 0 bridgehead atoms. The van der Waals surface area contributed by atoms with Gasteiger partial charge in [0, 0.05) is 175 Å². The molecule has 692 valence electrons. The first-order chi connectivity index (χ1) is 66.2. The van der Waals surface area contributed by atoms with E-state index in [4.69, 9.17) is 43.5 Å². The number of aromatic amines is 7. The van der Waals surface area contributed by atoms with Gasteiger partial charge in [-0.05, 0) is 161 Å². The van der Waals surface area contributed by atoms with Gasteiger partial charge in [0.05, 0.1) is 50.5 Å². The van der Waals surface area contributed by atoms with Gasteiger partial charge in [0.25, 0.3) is 23.3 Å². The highest BCUT2D eigenvalue weighted by atomic mass is 35.5. The van der Waals surface area contributed by atoms with E-state index in [9.17, 15) is 29.1 Å². The zero-order valence-corrected chi connectivity index (χ0v) is 80.5. The summed E-state index contributed by atoms with van der Waals surface area (Å²) in [5.74, 6) is -1.32. The van der Waals surface area contributed by atoms with E-state index in [2.05, 4.69) is 207 Å². The average Bonchev–Trinajstić information content (AvgIpc) is 1.56. The number of carbonyl (C=O) groups excluding carboxylic acids is 3. The molecule has 21 aromatic rings. The van der Waals surface area contributed by atoms with Crippen LogP contribution >= 0.6 is 23.2 Å². The fourth-order valence-electron chi connectivity index (χ4n) is 19.1. The maximum atomic E-state index is 13.4. The van der Waals surface area contributed by atoms with Gasteiger partial charge < -0.3 is 54.3 Å². The lowest BCUT2D eigenvalue weighted by Crippen LogP contribution is -2.51. The maximum absolute atomic E-state index is 13.4. The Balaban J connectivity index is 0.000000122. The number of amides is 3. The van der Waals surface area contributed by atoms with Crippen molar-refractivity contribution in [2.24, 2.45) is 0 Å². The number of H-pyrrole nitrogens is 7. The number of halogens is 2. The molecule has 137 heavy (non-hydrogen) atoms. The topological polar surface area (TPSA) is 439 Å². The van der Waals surface area contributed by atoms with Crippen LogP contribution in [-0.4, -0.2) is 149 Å². The van der Waals surface area contributed by atoms with Crippen molar-refractivity contribution in [2.75, 3.05) is 15.5 Å². The SMILES string of the molecule is CC(C)[Si](C(C)C)(C(C)C)n1ccc2c(C(=O)Nc3ccccc3)ccnc21.CC(C)[Si](C(C)C)(C(C)C)n1ccc2c3c(cnc21)C(O)N(c1ccccc1)C3=O.Clc1[nH]ncc2cnc3nccc3c12.Clc1ccnc2[nH]ccc12.N#Cc1ccnc2[nH]ccc12.O=C(Nc1ccccc1)c1ccnc2[nH]ccc12.O=C(O)c1ccnc2[nH]ccc12.O=c1[nH][nH]cc2cnc3nccc3c12. The Labute approximate surface area is 797 Å². The van der Waals surface area contributed by atoms with Crippen LogP contribution in [0.15, 0.2) is 286 Å². The lowest BCUT2D eigenvalue weighted by atomic mass is 10.1. The summed E-state index contributed by atoms with van der Waals surface area (Å²) in [4.78, 5) is 116. The fraction of sp³-hybridized carbons (Fsp3) is 0.186. The lowest BCUT2D eigenvalue weighted by molar-refractivity contribution is 0.0698. The normalized spacial score (nSPS) is 12.4. The van der Waals surface area contributed by atoms with Gasteiger partial charge in [-0.25, -0.2) is 54.6 Å². The minimum absolute atomic E-state index is 0.0951. The summed E-state index contributed by atoms with van der Waals surface area (Å²) in [5.41, 5.74) is 14.8. The molecule has 22 rings (SSSR count). The molecule has 19 heterocycles. The highest BCUT2D eigenvalue weighted by Gasteiger charge is 2.48. The van der Waals surface area contributed by atoms with Crippen molar-refractivity contribution in [3.63, 3.8) is 0 Å². The molecular formula is C102H100Cl2N24O7Si2. The van der Waals surface area contributed by atoms with Crippen molar-refractivity contribution in [3.8, 4) is 6.07 Å². The van der Waals surface area contributed by atoms with E-state index in [1.54, 1.807) is 117 Å². The second-order valence-corrected chi connectivity index (χ2v) is 46.5. The number of hydrogen-bond donors (Lipinski definition) is 11. The van der Waals surface area contributed by atoms with Crippen LogP contribution in [0.3, 0.4) is 0 Å². The lowest BCUT2D eigenvalue weighted by Gasteiger charge is -2.44. The summed E-state index contributed by atoms with van der Waals surface area (Å²) >= 11 is 11.9. The number of rotatable bonds is 14. The summed E-state index contributed by atoms with van der Waals surface area (Å²) in [6.07, 6.45) is 30.3. The van der Waals surface area contributed by atoms with Crippen molar-refractivity contribution in [1.82, 2.24) is 98.6 Å². The molecule has 35 heteroatoms. The molecule has 0 saturated carbocycles. The number of nitrogens with zero attached hydrogens (tertiary/aromatic N) is 15. The summed E-state index contributed by atoms with van der Waals surface area (Å²) in [6.45, 7) is 27.9. The number of carboxylic acids is 1. The molecule has 0 fully saturated rings. The predicted molar refractivity (Wildman–Crippen MR) is 547 cm³/mol. The van der Waals surface area contributed by atoms with Crippen molar-refractivity contribution < 1.29 is 29.4 Å². The zero-order chi connectivity index (χ0) is 96.9. The van der Waals surface area contributed by atoms with Crippen LogP contribution in [0.25, 0.3) is 110 Å². The molecule has 1 aliphatic heterocycles. The molecule has 0 aliphatic carbocycles. The molecule has 3 amide bonds. The van der Waals surface area contributed by atoms with E-state index in [1.165, 1.54) is 17.2 Å². The standard InChI is InChI=1S/C24H31N3O2Si.C23H31N3OSi.C14H11N3O.C9H5ClN4.C9H6N4O.C8H5N3.C8H6N2O2.C7H5ClN2/c1-15(2)30(16(3)4,17(5)6)26-13-12-19-21-20(14-25-22(19)26)23(28)27(24(21)29)18-10-8-7-9-11-18;1-16(2)28(17(3)4,18(5)6)26-15-13-20-21(12-14-24-22(20)26)23(27)25-19-10-8-7-9-11-19;18-14(17-10-4-2-1-3-5-10)12-7-9-16-13-11(12)6-8-15-13;10-8-7-5(4-13-14-8)3-12-9-6(7)1-2-11-9;14-9-7-5(4-12-13-9)3-11-8-6(7)1-2-10-8;9-5-6-1-3-10-8-7(6)2-4-11-8;11-8(12)6-2-4-10-7-5(6)1-3-9-7;8-6-2-4-10-7-5(6)1-3-9-7/h7-17,23,28H,1-6H3;7-18H,1-6H3,(H,25,27);1-9H,(H,15,16)(H,17,18);1-4,14H;1-4,12H,(H,13,14);1-4H,(H,10,11);1-4H,(H,9,10)(H,11,12);1-4H,(H,9,10). The average molecular weight is 1900 g/mol. The van der Waals surface area contributed by atoms with Gasteiger partial charge >= 0.3 is 5.97 Å². The van der Waals surface area contributed by atoms with Gasteiger partial charge in [0.1, 0.15) is 39.0 Å². The molecule has 31 nitrogen and oxygen atoms in total. The van der Waals surface area contributed by atoms with E-state index in [1.807, 2.05) is 134 Å². The number of benzene rings is 3. The second-order valence-electron chi connectivity index (χ2n) is 34.2. The Morgan fingerprint density at radius 2 is 0.883 bits per heavy atom. The molecule has 3 aromatic carbocycles. The molecule has 11 N–H and O–H groups in total. The van der Waals surface area contributed by atoms with Gasteiger partial charge in [-0.15, -0.1) is 0 Å². The van der Waals surface area contributed by atoms with Crippen molar-refractivity contribution in [1.29, 1.82) is 5.26 Å². The largest absolute Gasteiger partial charge is 0.478 e. The Morgan fingerprint density at radius 3 is 1.41 bits per heavy atom. The smallest absolute Gasteiger partial charge is 0.336 e. The van der Waals surface area contributed by atoms with E-state index in [-0.39, 0.29) is 28.8 Å². The Kier molecular flexibility index (Phi) is 29.4. The molecule has 18 aromatic heterocycles. The summed E-state index contributed by atoms with van der Waals surface area (Å²) in [6, 6.07) is 54.0. The van der Waals surface area contributed by atoms with Crippen molar-refractivity contribution >= 4 is 190 Å². The van der Waals surface area contributed by atoms with E-state index >= 15 is 0 Å². The first kappa shape index (κ1) is 95.6. The Hall–Kier alpha value is -16.0. The van der Waals surface area contributed by atoms with Crippen LogP contribution in [0.4, 0.5) is 17.1 Å². The number of para-hydroxylation sites is 3. The molecular weight excluding hydrogens is 1800 g/mol. The molecule has 0 saturated heterocycles. The van der Waals surface area contributed by atoms with Crippen LogP contribution in [-0.2, 0) is 0 Å². The molecule has 0 radical (unpaired) electrons. The number of pyridine rings is 8. The number of anilines is 3. The predicted octanol–water partition coefficient (Wildman–Crippen LogP) is 22.7. The Bertz CT molecular complexity index is 7930. The number of nitriles is 1. The molecule has 1 atom stereocenters. The molecule has 1 unspecified atom stereocenters. The third-order valence-electron chi connectivity index (χ3n) is 24.7. The highest BCUT2D eigenvalue weighted by molar-refractivity contribution is 6.83. The minimum atomic E-state index is -2.00. The van der Waals surface area contributed by atoms with E-state index < -0.39 is 28.7 Å². The Morgan fingerprint density at radius 1 is 0.445 bits per heavy atom. The third-order valence-corrected chi connectivity index (χ3v) is 38.8. The minimum Gasteiger partial charge on any atom is -0.478 e. The summed E-state index contributed by atoms with van der Waals surface area (Å²) in [5, 5.41) is 57.3. The first-order valence-corrected chi connectivity index (χ1v) is 49.5. The van der Waals surface area contributed by atoms with Crippen molar-refractivity contribution in [2.45, 2.75) is 123 Å². The number of fused-ring (bicyclic) bond motifs is 14. The zero-order valence-electron chi connectivity index (χ0n) is 77.0. The third kappa shape index (κ3) is 19.5. The summed E-state index contributed by atoms with van der Waals surface area (Å²) < 4.78 is 4.86. The second kappa shape index (κ2) is 42.1. The fourth-order valence-corrected chi connectivity index (χ4v) is 32.7. The van der Waals surface area contributed by atoms with Gasteiger partial charge in [0.2, 0.25) is 0 Å². The van der Waals surface area contributed by atoms with E-state index in [0.29, 0.717) is 99.6 Å². The van der Waals surface area contributed by atoms with Gasteiger partial charge in [-0.1, -0.05) is 161 Å². The number of hydrogen-bond acceptors (Lipinski definition) is 18. The maximum Gasteiger partial charge on any atom is 0.336 e. The number of carboxylic acid groups (broad SMARTS) is 1. The summed E-state index contributed by atoms with van der Waals surface area (Å²) in [7, 11) is -3.93. The number of aromatic nitrogens is 20. The van der Waals surface area contributed by atoms with Crippen LogP contribution < -0.4 is 21.1 Å². The van der Waals surface area contributed by atoms with Crippen LogP contribution in [0.1, 0.15) is 142 Å². The monoisotopic (exact) mass is 1900 g/mol. The molecule has 1 aliphatic rings. The highest BCUT2D eigenvalue weighted by Crippen LogP contribution is 2.48. The number of aliphatic hydroxyl groups is 1. The molecule has 0 spiro atoms. The number of aromatic carboxylic acids is 1. The number of nitrogens with one attached hydrogen (secondary N) is 9. The van der Waals surface area contributed by atoms with Crippen LogP contribution in [0.2, 0.25) is 43.4 Å². The van der Waals surface area contributed by atoms with Crippen LogP contribution in [0, 0.1) is 11.3 Å². The van der Waals surface area contributed by atoms with Crippen LogP contribution in [0.5, 0.6) is 0 Å². The number of carbonyl (C=O) groups is 4. The van der Waals surface area contributed by atoms with Crippen molar-refractivity contribution in [3.05, 3.63) is 335 Å². The van der Waals surface area contributed by atoms with E-state index in [0.717, 1.165) is 98.5 Å². The van der Waals surface area contributed by atoms with Gasteiger partial charge in [0.15, 0.2) is 34.0 Å². The number of aliphatic hydroxyl groups excluding tert-OH is 1. The quantitative estimate of drug-likeness (QED) is 0.0450. The first-order valence-electron chi connectivity index (χ1n) is 44.4. The van der Waals surface area contributed by atoms with Gasteiger partial charge in [-0.2, -0.15) is 10.4 Å². The van der Waals surface area contributed by atoms with Gasteiger partial charge in [-0.3, -0.25) is 34.3 Å².